The van der Waals surface area contributed by atoms with E-state index in [4.69, 9.17) is 13.3 Å². The van der Waals surface area contributed by atoms with Crippen LogP contribution in [0.2, 0.25) is 5.04 Å². The quantitative estimate of drug-likeness (QED) is 0.417. The summed E-state index contributed by atoms with van der Waals surface area (Å²) in [6, 6.07) is -1.31. The molecule has 0 aromatic heterocycles. The molecule has 9 nitrogen and oxygen atoms in total. The van der Waals surface area contributed by atoms with E-state index in [0.717, 1.165) is 12.5 Å². The Kier molecular flexibility index (Phi) is 9.39. The number of hydrogen-bond acceptors (Lipinski definition) is 7. The summed E-state index contributed by atoms with van der Waals surface area (Å²) in [5, 5.41) is -0.724. The normalized spacial score (nSPS) is 17.3. The number of nitrogens with one attached hydrogen (secondary N) is 1. The fourth-order valence-electron chi connectivity index (χ4n) is 4.30. The van der Waals surface area contributed by atoms with Gasteiger partial charge in [0.25, 0.3) is 0 Å². The third-order valence-corrected chi connectivity index (χ3v) is 13.1. The summed E-state index contributed by atoms with van der Waals surface area (Å²) in [5.41, 5.74) is -1.72. The average Bonchev–Trinajstić information content (AvgIpc) is 2.53. The fourth-order valence-corrected chi connectivity index (χ4v) is 10.1. The molecule has 12 heteroatoms. The molecule has 2 atom stereocenters. The molecule has 2 unspecified atom stereocenters. The highest BCUT2D eigenvalue weighted by Crippen LogP contribution is 2.59. The molecule has 0 saturated carbocycles. The van der Waals surface area contributed by atoms with E-state index in [1.165, 1.54) is 25.6 Å². The van der Waals surface area contributed by atoms with E-state index in [-0.39, 0.29) is 0 Å². The highest BCUT2D eigenvalue weighted by Gasteiger charge is 2.66. The van der Waals surface area contributed by atoms with Crippen LogP contribution in [0.3, 0.4) is 0 Å². The topological polar surface area (TPSA) is 111 Å². The summed E-state index contributed by atoms with van der Waals surface area (Å²) in [7, 11) is -5.90. The Labute approximate surface area is 185 Å². The molecule has 0 aromatic carbocycles. The van der Waals surface area contributed by atoms with E-state index in [0.29, 0.717) is 0 Å². The van der Waals surface area contributed by atoms with Crippen LogP contribution in [0.4, 0.5) is 0 Å². The lowest BCUT2D eigenvalue weighted by Gasteiger charge is -2.59. The maximum Gasteiger partial charge on any atom is 0.506 e. The van der Waals surface area contributed by atoms with Gasteiger partial charge >= 0.3 is 8.80 Å². The molecule has 0 saturated heterocycles. The van der Waals surface area contributed by atoms with Gasteiger partial charge < -0.3 is 13.3 Å². The van der Waals surface area contributed by atoms with Gasteiger partial charge in [0.15, 0.2) is 0 Å². The molecule has 0 aliphatic carbocycles. The lowest BCUT2D eigenvalue weighted by Crippen LogP contribution is -2.69. The lowest BCUT2D eigenvalue weighted by atomic mass is 9.66. The average molecular weight is 491 g/mol. The van der Waals surface area contributed by atoms with Crippen molar-refractivity contribution in [3.8, 4) is 0 Å². The van der Waals surface area contributed by atoms with Crippen LogP contribution in [0, 0.1) is 5.41 Å². The molecule has 0 rings (SSSR count). The van der Waals surface area contributed by atoms with Crippen LogP contribution in [0.25, 0.3) is 0 Å². The predicted molar refractivity (Wildman–Crippen MR) is 122 cm³/mol. The standard InChI is InChI=1S/C18H42N2O7S2Si/c1-14(19-28(12,21)22)15(2)20(29(13,23)24)17(5,6)16(3,4)18(7,8)30(25-9,26-10)27-11/h14-15,19H,1-13H3. The second-order valence-corrected chi connectivity index (χ2v) is 16.7. The minimum absolute atomic E-state index is 0.651. The third-order valence-electron chi connectivity index (χ3n) is 7.07. The van der Waals surface area contributed by atoms with Crippen LogP contribution in [-0.4, -0.2) is 81.4 Å². The largest absolute Gasteiger partial charge is 0.506 e. The van der Waals surface area contributed by atoms with Crippen LogP contribution >= 0.6 is 0 Å². The van der Waals surface area contributed by atoms with E-state index < -0.39 is 56.9 Å². The second-order valence-electron chi connectivity index (χ2n) is 9.46. The summed E-state index contributed by atoms with van der Waals surface area (Å²) >= 11 is 0. The SMILES string of the molecule is CO[Si](OC)(OC)C(C)(C)C(C)(C)C(C)(C)N(C(C)C(C)NS(C)(=O)=O)S(C)(=O)=O. The van der Waals surface area contributed by atoms with Crippen molar-refractivity contribution >= 4 is 28.9 Å². The second kappa shape index (κ2) is 9.42. The summed E-state index contributed by atoms with van der Waals surface area (Å²) in [6.07, 6.45) is 2.18. The first-order valence-corrected chi connectivity index (χ1v) is 15.2. The highest BCUT2D eigenvalue weighted by atomic mass is 32.2. The first kappa shape index (κ1) is 29.9. The maximum atomic E-state index is 13.0. The minimum Gasteiger partial charge on any atom is -0.377 e. The van der Waals surface area contributed by atoms with Crippen LogP contribution in [0.15, 0.2) is 0 Å². The molecule has 182 valence electrons. The van der Waals surface area contributed by atoms with Gasteiger partial charge in [-0.25, -0.2) is 21.6 Å². The monoisotopic (exact) mass is 490 g/mol. The van der Waals surface area contributed by atoms with E-state index in [2.05, 4.69) is 4.72 Å². The number of hydrogen-bond donors (Lipinski definition) is 1. The molecule has 0 fully saturated rings. The van der Waals surface area contributed by atoms with Crippen molar-refractivity contribution in [3.05, 3.63) is 0 Å². The Hall–Kier alpha value is -0.0831. The summed E-state index contributed by atoms with van der Waals surface area (Å²) < 4.78 is 70.6. The molecule has 0 aliphatic heterocycles. The zero-order valence-electron chi connectivity index (χ0n) is 20.8. The molecule has 0 spiro atoms. The molecule has 0 aliphatic rings. The van der Waals surface area contributed by atoms with Gasteiger partial charge in [-0.1, -0.05) is 27.7 Å². The van der Waals surface area contributed by atoms with E-state index >= 15 is 0 Å². The van der Waals surface area contributed by atoms with Gasteiger partial charge in [0.1, 0.15) is 0 Å². The first-order chi connectivity index (χ1) is 13.1. The van der Waals surface area contributed by atoms with Gasteiger partial charge in [-0.3, -0.25) is 0 Å². The van der Waals surface area contributed by atoms with Crippen LogP contribution in [-0.2, 0) is 33.3 Å². The Balaban J connectivity index is 6.70. The Bertz CT molecular complexity index is 783. The molecule has 0 radical (unpaired) electrons. The number of nitrogens with zero attached hydrogens (tertiary/aromatic N) is 1. The molecule has 30 heavy (non-hydrogen) atoms. The van der Waals surface area contributed by atoms with Gasteiger partial charge in [-0.05, 0) is 33.1 Å². The van der Waals surface area contributed by atoms with Crippen molar-refractivity contribution in [1.82, 2.24) is 9.03 Å². The smallest absolute Gasteiger partial charge is 0.377 e. The fraction of sp³-hybridized carbons (Fsp3) is 1.00. The zero-order chi connectivity index (χ0) is 24.6. The molecule has 1 N–H and O–H groups in total. The van der Waals surface area contributed by atoms with Crippen molar-refractivity contribution in [2.45, 2.75) is 78.1 Å². The van der Waals surface area contributed by atoms with Gasteiger partial charge in [0.05, 0.1) is 12.5 Å². The van der Waals surface area contributed by atoms with Crippen LogP contribution < -0.4 is 4.72 Å². The Morgan fingerprint density at radius 1 is 0.833 bits per heavy atom. The van der Waals surface area contributed by atoms with Crippen molar-refractivity contribution in [1.29, 1.82) is 0 Å². The lowest BCUT2D eigenvalue weighted by molar-refractivity contribution is -0.0205. The molecular weight excluding hydrogens is 448 g/mol. The molecular formula is C18H42N2O7S2Si. The van der Waals surface area contributed by atoms with E-state index in [1.807, 2.05) is 41.5 Å². The third kappa shape index (κ3) is 5.45. The zero-order valence-corrected chi connectivity index (χ0v) is 23.4. The van der Waals surface area contributed by atoms with E-state index in [1.54, 1.807) is 13.8 Å². The van der Waals surface area contributed by atoms with Crippen molar-refractivity contribution in [2.75, 3.05) is 33.8 Å². The van der Waals surface area contributed by atoms with Crippen LogP contribution in [0.1, 0.15) is 55.4 Å². The molecule has 0 amide bonds. The van der Waals surface area contributed by atoms with Gasteiger partial charge in [-0.2, -0.15) is 4.31 Å². The minimum atomic E-state index is -3.74. The van der Waals surface area contributed by atoms with Crippen LogP contribution in [0.5, 0.6) is 0 Å². The van der Waals surface area contributed by atoms with Gasteiger partial charge in [-0.15, -0.1) is 0 Å². The molecule has 0 aromatic rings. The van der Waals surface area contributed by atoms with Gasteiger partial charge in [0, 0.05) is 44.0 Å². The summed E-state index contributed by atoms with van der Waals surface area (Å²) in [5.74, 6) is 0. The Morgan fingerprint density at radius 3 is 1.47 bits per heavy atom. The highest BCUT2D eigenvalue weighted by molar-refractivity contribution is 7.89. The summed E-state index contributed by atoms with van der Waals surface area (Å²) in [4.78, 5) is 0. The first-order valence-electron chi connectivity index (χ1n) is 9.72. The number of sulfonamides is 2. The van der Waals surface area contributed by atoms with E-state index in [9.17, 15) is 16.8 Å². The van der Waals surface area contributed by atoms with Crippen molar-refractivity contribution in [2.24, 2.45) is 5.41 Å². The molecule has 0 heterocycles. The van der Waals surface area contributed by atoms with Crippen molar-refractivity contribution in [3.63, 3.8) is 0 Å². The Morgan fingerprint density at radius 2 is 1.20 bits per heavy atom. The summed E-state index contributed by atoms with van der Waals surface area (Å²) in [6.45, 7) is 14.8. The predicted octanol–water partition coefficient (Wildman–Crippen LogP) is 2.04. The molecule has 0 bridgehead atoms. The van der Waals surface area contributed by atoms with Crippen molar-refractivity contribution < 1.29 is 30.1 Å². The van der Waals surface area contributed by atoms with Gasteiger partial charge in [0.2, 0.25) is 20.0 Å². The number of rotatable bonds is 12. The maximum absolute atomic E-state index is 13.0.